The van der Waals surface area contributed by atoms with Crippen molar-refractivity contribution in [2.75, 3.05) is 7.11 Å². The van der Waals surface area contributed by atoms with E-state index in [0.717, 1.165) is 18.7 Å². The fraction of sp³-hybridized carbons (Fsp3) is 0.250. The van der Waals surface area contributed by atoms with Crippen LogP contribution in [0.25, 0.3) is 6.08 Å². The molecule has 0 heterocycles. The van der Waals surface area contributed by atoms with Gasteiger partial charge in [0.05, 0.1) is 0 Å². The summed E-state index contributed by atoms with van der Waals surface area (Å²) in [6.45, 7) is 4.00. The number of hydrogen-bond acceptors (Lipinski definition) is 2. The van der Waals surface area contributed by atoms with E-state index >= 15 is 0 Å². The molecular formula is C12H18O3. The highest BCUT2D eigenvalue weighted by atomic mass is 16.4. The fourth-order valence-electron chi connectivity index (χ4n) is 0.732. The lowest BCUT2D eigenvalue weighted by molar-refractivity contribution is -0.131. The number of carboxylic acid groups (broad SMARTS) is 1. The van der Waals surface area contributed by atoms with E-state index in [2.05, 4.69) is 0 Å². The monoisotopic (exact) mass is 210 g/mol. The SMILES string of the molecule is CC.CO.O=C(O)/C=C/c1ccccc1. The van der Waals surface area contributed by atoms with Crippen molar-refractivity contribution < 1.29 is 15.0 Å². The maximum absolute atomic E-state index is 10.1. The lowest BCUT2D eigenvalue weighted by Crippen LogP contribution is -1.85. The standard InChI is InChI=1S/C9H8O2.C2H6.CH4O/c10-9(11)7-6-8-4-2-1-3-5-8;2*1-2/h1-7H,(H,10,11);1-2H3;2H,1H3/b7-6+;;. The van der Waals surface area contributed by atoms with Crippen LogP contribution in [0.3, 0.4) is 0 Å². The number of aliphatic hydroxyl groups is 1. The van der Waals surface area contributed by atoms with Gasteiger partial charge in [-0.25, -0.2) is 4.79 Å². The van der Waals surface area contributed by atoms with E-state index in [1.807, 2.05) is 44.2 Å². The molecule has 0 fully saturated rings. The third-order valence-electron chi connectivity index (χ3n) is 1.22. The average molecular weight is 210 g/mol. The van der Waals surface area contributed by atoms with Gasteiger partial charge < -0.3 is 10.2 Å². The van der Waals surface area contributed by atoms with Crippen LogP contribution in [0.4, 0.5) is 0 Å². The van der Waals surface area contributed by atoms with Crippen molar-refractivity contribution in [1.82, 2.24) is 0 Å². The molecule has 0 aliphatic rings. The number of carboxylic acids is 1. The zero-order valence-corrected chi connectivity index (χ0v) is 9.34. The van der Waals surface area contributed by atoms with Crippen LogP contribution in [0, 0.1) is 0 Å². The zero-order valence-electron chi connectivity index (χ0n) is 9.34. The van der Waals surface area contributed by atoms with Crippen molar-refractivity contribution in [3.8, 4) is 0 Å². The van der Waals surface area contributed by atoms with Crippen LogP contribution in [-0.4, -0.2) is 23.3 Å². The molecule has 0 aromatic heterocycles. The minimum absolute atomic E-state index is 0.898. The number of carbonyl (C=O) groups is 1. The molecule has 0 saturated carbocycles. The summed E-state index contributed by atoms with van der Waals surface area (Å²) in [6.07, 6.45) is 2.68. The van der Waals surface area contributed by atoms with Crippen LogP contribution in [0.5, 0.6) is 0 Å². The predicted octanol–water partition coefficient (Wildman–Crippen LogP) is 2.42. The van der Waals surface area contributed by atoms with Crippen molar-refractivity contribution in [3.63, 3.8) is 0 Å². The molecule has 1 rings (SSSR count). The minimum atomic E-state index is -0.922. The Balaban J connectivity index is 0. The molecule has 0 amide bonds. The minimum Gasteiger partial charge on any atom is -0.478 e. The molecule has 3 heteroatoms. The number of hydrogen-bond donors (Lipinski definition) is 2. The number of aliphatic carboxylic acids is 1. The van der Waals surface area contributed by atoms with E-state index in [0.29, 0.717) is 0 Å². The molecule has 0 aliphatic heterocycles. The van der Waals surface area contributed by atoms with Crippen LogP contribution in [0.1, 0.15) is 19.4 Å². The van der Waals surface area contributed by atoms with Gasteiger partial charge in [-0.1, -0.05) is 44.2 Å². The van der Waals surface area contributed by atoms with E-state index in [1.165, 1.54) is 0 Å². The third-order valence-corrected chi connectivity index (χ3v) is 1.22. The van der Waals surface area contributed by atoms with Crippen molar-refractivity contribution in [1.29, 1.82) is 0 Å². The Bertz CT molecular complexity index is 265. The molecule has 1 aromatic rings. The Morgan fingerprint density at radius 1 is 1.13 bits per heavy atom. The molecule has 3 nitrogen and oxygen atoms in total. The van der Waals surface area contributed by atoms with Gasteiger partial charge in [0.25, 0.3) is 0 Å². The van der Waals surface area contributed by atoms with Crippen molar-refractivity contribution in [2.24, 2.45) is 0 Å². The zero-order chi connectivity index (χ0) is 12.1. The highest BCUT2D eigenvalue weighted by molar-refractivity contribution is 5.85. The number of benzene rings is 1. The Morgan fingerprint density at radius 2 is 1.60 bits per heavy atom. The van der Waals surface area contributed by atoms with Gasteiger partial charge in [-0.2, -0.15) is 0 Å². The molecule has 0 saturated heterocycles. The van der Waals surface area contributed by atoms with E-state index in [4.69, 9.17) is 10.2 Å². The molecule has 1 aromatic carbocycles. The summed E-state index contributed by atoms with van der Waals surface area (Å²) in [5, 5.41) is 15.3. The molecule has 0 unspecified atom stereocenters. The molecule has 0 bridgehead atoms. The van der Waals surface area contributed by atoms with Crippen LogP contribution in [0.2, 0.25) is 0 Å². The quantitative estimate of drug-likeness (QED) is 0.737. The molecule has 0 aliphatic carbocycles. The van der Waals surface area contributed by atoms with Gasteiger partial charge in [-0.3, -0.25) is 0 Å². The maximum atomic E-state index is 10.1. The fourth-order valence-corrected chi connectivity index (χ4v) is 0.732. The molecular weight excluding hydrogens is 192 g/mol. The topological polar surface area (TPSA) is 57.5 Å². The Labute approximate surface area is 90.7 Å². The van der Waals surface area contributed by atoms with E-state index < -0.39 is 5.97 Å². The second-order valence-electron chi connectivity index (χ2n) is 2.08. The first-order valence-electron chi connectivity index (χ1n) is 4.70. The molecule has 0 spiro atoms. The van der Waals surface area contributed by atoms with Crippen molar-refractivity contribution in [3.05, 3.63) is 42.0 Å². The number of aliphatic hydroxyl groups excluding tert-OH is 1. The Hall–Kier alpha value is -1.61. The first-order valence-corrected chi connectivity index (χ1v) is 4.70. The van der Waals surface area contributed by atoms with Gasteiger partial charge in [0, 0.05) is 13.2 Å². The summed E-state index contributed by atoms with van der Waals surface area (Å²) in [5.41, 5.74) is 0.898. The second-order valence-corrected chi connectivity index (χ2v) is 2.08. The largest absolute Gasteiger partial charge is 0.478 e. The average Bonchev–Trinajstić information content (AvgIpc) is 2.33. The Kier molecular flexibility index (Phi) is 13.1. The van der Waals surface area contributed by atoms with Crippen LogP contribution >= 0.6 is 0 Å². The van der Waals surface area contributed by atoms with Gasteiger partial charge >= 0.3 is 5.97 Å². The Morgan fingerprint density at radius 3 is 2.00 bits per heavy atom. The first-order chi connectivity index (χ1) is 7.29. The van der Waals surface area contributed by atoms with Crippen LogP contribution in [0.15, 0.2) is 36.4 Å². The predicted molar refractivity (Wildman–Crippen MR) is 62.6 cm³/mol. The molecule has 0 atom stereocenters. The summed E-state index contributed by atoms with van der Waals surface area (Å²) < 4.78 is 0. The van der Waals surface area contributed by atoms with E-state index in [1.54, 1.807) is 6.08 Å². The summed E-state index contributed by atoms with van der Waals surface area (Å²) >= 11 is 0. The lowest BCUT2D eigenvalue weighted by atomic mass is 10.2. The number of rotatable bonds is 2. The smallest absolute Gasteiger partial charge is 0.328 e. The summed E-state index contributed by atoms with van der Waals surface area (Å²) in [7, 11) is 1.00. The van der Waals surface area contributed by atoms with Crippen molar-refractivity contribution >= 4 is 12.0 Å². The molecule has 2 N–H and O–H groups in total. The van der Waals surface area contributed by atoms with E-state index in [9.17, 15) is 4.79 Å². The molecule has 84 valence electrons. The van der Waals surface area contributed by atoms with Gasteiger partial charge in [0.15, 0.2) is 0 Å². The summed E-state index contributed by atoms with van der Waals surface area (Å²) in [6, 6.07) is 9.31. The molecule has 0 radical (unpaired) electrons. The highest BCUT2D eigenvalue weighted by Crippen LogP contribution is 1.99. The molecule has 15 heavy (non-hydrogen) atoms. The highest BCUT2D eigenvalue weighted by Gasteiger charge is 1.85. The second kappa shape index (κ2) is 12.4. The van der Waals surface area contributed by atoms with Gasteiger partial charge in [-0.05, 0) is 11.6 Å². The summed E-state index contributed by atoms with van der Waals surface area (Å²) in [4.78, 5) is 10.1. The van der Waals surface area contributed by atoms with Crippen LogP contribution < -0.4 is 0 Å². The summed E-state index contributed by atoms with van der Waals surface area (Å²) in [5.74, 6) is -0.922. The van der Waals surface area contributed by atoms with E-state index in [-0.39, 0.29) is 0 Å². The third kappa shape index (κ3) is 10.3. The maximum Gasteiger partial charge on any atom is 0.328 e. The lowest BCUT2D eigenvalue weighted by Gasteiger charge is -1.87. The van der Waals surface area contributed by atoms with Gasteiger partial charge in [-0.15, -0.1) is 0 Å². The normalized spacial score (nSPS) is 8.27. The van der Waals surface area contributed by atoms with Gasteiger partial charge in [0.1, 0.15) is 0 Å². The van der Waals surface area contributed by atoms with Gasteiger partial charge in [0.2, 0.25) is 0 Å². The van der Waals surface area contributed by atoms with Crippen molar-refractivity contribution in [2.45, 2.75) is 13.8 Å². The first kappa shape index (κ1) is 15.8. The van der Waals surface area contributed by atoms with Crippen LogP contribution in [-0.2, 0) is 4.79 Å².